The summed E-state index contributed by atoms with van der Waals surface area (Å²) in [6.45, 7) is 4.35. The van der Waals surface area contributed by atoms with Crippen LogP contribution in [0.5, 0.6) is 0 Å². The Labute approximate surface area is 370 Å². The molecule has 0 unspecified atom stereocenters. The predicted octanol–water partition coefficient (Wildman–Crippen LogP) is 6.18. The van der Waals surface area contributed by atoms with Crippen molar-refractivity contribution in [2.45, 2.75) is 161 Å². The van der Waals surface area contributed by atoms with Crippen molar-refractivity contribution < 1.29 is 52.8 Å². The lowest BCUT2D eigenvalue weighted by Crippen LogP contribution is -2.31. The maximum atomic E-state index is 12.5. The zero-order chi connectivity index (χ0) is 45.3. The molecule has 16 heteroatoms. The number of aliphatic carboxylic acids is 1. The summed E-state index contributed by atoms with van der Waals surface area (Å²) >= 11 is 0. The number of aromatic nitrogens is 2. The number of nitrogens with two attached hydrogens (primary N) is 1. The first kappa shape index (κ1) is 56.3. The lowest BCUT2D eigenvalue weighted by Gasteiger charge is -2.15. The zero-order valence-corrected chi connectivity index (χ0v) is 37.9. The maximum Gasteiger partial charge on any atom is 0.303 e. The molecule has 0 aliphatic heterocycles. The Morgan fingerprint density at radius 2 is 1.13 bits per heavy atom. The minimum Gasteiger partial charge on any atom is -0.481 e. The fourth-order valence-electron chi connectivity index (χ4n) is 6.93. The smallest absolute Gasteiger partial charge is 0.303 e. The van der Waals surface area contributed by atoms with Crippen LogP contribution in [0.15, 0.2) is 12.5 Å². The Hall–Kier alpha value is -3.73. The largest absolute Gasteiger partial charge is 0.481 e. The fourth-order valence-corrected chi connectivity index (χ4v) is 6.93. The molecule has 356 valence electrons. The minimum absolute atomic E-state index is 0.0834. The number of nitrogens with one attached hydrogen (secondary N) is 3. The summed E-state index contributed by atoms with van der Waals surface area (Å²) < 4.78 is 21.7. The van der Waals surface area contributed by atoms with Crippen LogP contribution < -0.4 is 16.4 Å². The number of Topliss-reactive ketones (excluding diaryl/α,β-unsaturated/α-hetero) is 2. The van der Waals surface area contributed by atoms with E-state index >= 15 is 0 Å². The summed E-state index contributed by atoms with van der Waals surface area (Å²) in [5.74, 6) is -1.79. The Morgan fingerprint density at radius 3 is 1.68 bits per heavy atom. The van der Waals surface area contributed by atoms with Crippen molar-refractivity contribution >= 4 is 35.3 Å². The van der Waals surface area contributed by atoms with Gasteiger partial charge in [-0.25, -0.2) is 4.98 Å². The van der Waals surface area contributed by atoms with Crippen LogP contribution in [0.4, 0.5) is 0 Å². The Morgan fingerprint density at radius 1 is 0.613 bits per heavy atom. The van der Waals surface area contributed by atoms with E-state index in [0.717, 1.165) is 37.8 Å². The van der Waals surface area contributed by atoms with Crippen molar-refractivity contribution in [1.82, 2.24) is 20.6 Å². The second-order valence-electron chi connectivity index (χ2n) is 16.3. The number of carbonyl (C=O) groups is 6. The van der Waals surface area contributed by atoms with E-state index in [-0.39, 0.29) is 74.9 Å². The third-order valence-electron chi connectivity index (χ3n) is 10.7. The molecule has 1 rings (SSSR count). The molecule has 1 aromatic heterocycles. The van der Waals surface area contributed by atoms with Crippen molar-refractivity contribution in [1.29, 1.82) is 0 Å². The molecule has 3 amide bonds. The molecular formula is C46H81N5O11. The molecule has 0 aliphatic carbocycles. The fraction of sp³-hybridized carbons (Fsp3) is 0.804. The second-order valence-corrected chi connectivity index (χ2v) is 16.3. The predicted molar refractivity (Wildman–Crippen MR) is 237 cm³/mol. The van der Waals surface area contributed by atoms with Gasteiger partial charge >= 0.3 is 5.97 Å². The molecule has 0 bridgehead atoms. The Balaban J connectivity index is 1.83. The van der Waals surface area contributed by atoms with Crippen molar-refractivity contribution in [3.63, 3.8) is 0 Å². The maximum absolute atomic E-state index is 12.5. The van der Waals surface area contributed by atoms with E-state index in [1.54, 1.807) is 12.5 Å². The Kier molecular flexibility index (Phi) is 36.4. The zero-order valence-electron chi connectivity index (χ0n) is 37.9. The number of carboxylic acids is 1. The molecule has 0 saturated carbocycles. The molecule has 0 saturated heterocycles. The van der Waals surface area contributed by atoms with Crippen molar-refractivity contribution in [2.75, 3.05) is 65.9 Å². The van der Waals surface area contributed by atoms with Gasteiger partial charge in [0.2, 0.25) is 17.7 Å². The molecule has 16 nitrogen and oxygen atoms in total. The van der Waals surface area contributed by atoms with E-state index in [1.165, 1.54) is 57.8 Å². The van der Waals surface area contributed by atoms with Crippen molar-refractivity contribution in [2.24, 2.45) is 17.6 Å². The highest BCUT2D eigenvalue weighted by atomic mass is 16.5. The number of unbranched alkanes of at least 4 members (excludes halogenated alkanes) is 14. The monoisotopic (exact) mass is 880 g/mol. The first-order valence-electron chi connectivity index (χ1n) is 23.5. The van der Waals surface area contributed by atoms with Crippen LogP contribution in [0.1, 0.15) is 160 Å². The highest BCUT2D eigenvalue weighted by molar-refractivity contribution is 5.82. The third kappa shape index (κ3) is 35.8. The van der Waals surface area contributed by atoms with Gasteiger partial charge in [-0.2, -0.15) is 0 Å². The topological polar surface area (TPSA) is 238 Å². The number of carbonyl (C=O) groups excluding carboxylic acids is 5. The number of hydrogen-bond acceptors (Lipinski definition) is 11. The number of amides is 3. The highest BCUT2D eigenvalue weighted by Gasteiger charge is 2.20. The number of ketones is 2. The lowest BCUT2D eigenvalue weighted by atomic mass is 9.91. The number of H-pyrrole nitrogens is 1. The number of carboxylic acid groups (broad SMARTS) is 1. The molecule has 0 radical (unpaired) electrons. The van der Waals surface area contributed by atoms with Crippen molar-refractivity contribution in [3.8, 4) is 0 Å². The summed E-state index contributed by atoms with van der Waals surface area (Å²) in [6.07, 6.45) is 25.0. The second kappa shape index (κ2) is 40.1. The van der Waals surface area contributed by atoms with Crippen LogP contribution in [0.2, 0.25) is 0 Å². The summed E-state index contributed by atoms with van der Waals surface area (Å²) in [5, 5.41) is 14.1. The molecule has 62 heavy (non-hydrogen) atoms. The van der Waals surface area contributed by atoms with Gasteiger partial charge in [0.05, 0.1) is 39.4 Å². The number of nitrogens with zero attached hydrogens (tertiary/aromatic N) is 1. The molecule has 1 heterocycles. The van der Waals surface area contributed by atoms with Crippen molar-refractivity contribution in [3.05, 3.63) is 18.2 Å². The normalized spacial score (nSPS) is 12.2. The quantitative estimate of drug-likeness (QED) is 0.0462. The Bertz CT molecular complexity index is 1310. The van der Waals surface area contributed by atoms with Crippen LogP contribution in [0.25, 0.3) is 0 Å². The van der Waals surface area contributed by atoms with Gasteiger partial charge in [0.1, 0.15) is 24.8 Å². The SMILES string of the molecule is C[C@@H](Cc1cnc[nH]1)C(=O)CC[C@@H](CCCCNC(=O)COCCOCCNC(=O)COCCOCCCC(=O)CCCCCCCCCCCCCCCCC(=O)O)C(N)=O. The van der Waals surface area contributed by atoms with Gasteiger partial charge in [0.25, 0.3) is 0 Å². The van der Waals surface area contributed by atoms with Gasteiger partial charge < -0.3 is 45.4 Å². The third-order valence-corrected chi connectivity index (χ3v) is 10.7. The highest BCUT2D eigenvalue weighted by Crippen LogP contribution is 2.18. The molecule has 0 aliphatic rings. The molecular weight excluding hydrogens is 799 g/mol. The van der Waals surface area contributed by atoms with Crippen LogP contribution in [0, 0.1) is 11.8 Å². The van der Waals surface area contributed by atoms with Crippen LogP contribution >= 0.6 is 0 Å². The summed E-state index contributed by atoms with van der Waals surface area (Å²) in [4.78, 5) is 78.0. The van der Waals surface area contributed by atoms with E-state index in [4.69, 9.17) is 29.8 Å². The summed E-state index contributed by atoms with van der Waals surface area (Å²) in [5.41, 5.74) is 6.47. The number of hydrogen-bond donors (Lipinski definition) is 5. The lowest BCUT2D eigenvalue weighted by molar-refractivity contribution is -0.137. The average molecular weight is 880 g/mol. The number of ether oxygens (including phenoxy) is 4. The van der Waals surface area contributed by atoms with E-state index in [9.17, 15) is 28.8 Å². The molecule has 2 atom stereocenters. The number of primary amides is 1. The van der Waals surface area contributed by atoms with Crippen LogP contribution in [-0.2, 0) is 54.1 Å². The summed E-state index contributed by atoms with van der Waals surface area (Å²) in [7, 11) is 0. The van der Waals surface area contributed by atoms with Gasteiger partial charge in [-0.05, 0) is 44.9 Å². The van der Waals surface area contributed by atoms with Crippen LogP contribution in [-0.4, -0.2) is 116 Å². The van der Waals surface area contributed by atoms with E-state index in [1.807, 2.05) is 6.92 Å². The number of rotatable bonds is 46. The van der Waals surface area contributed by atoms with E-state index in [0.29, 0.717) is 90.5 Å². The van der Waals surface area contributed by atoms with Gasteiger partial charge in [-0.15, -0.1) is 0 Å². The summed E-state index contributed by atoms with van der Waals surface area (Å²) in [6, 6.07) is 0. The number of imidazole rings is 1. The first-order chi connectivity index (χ1) is 30.1. The van der Waals surface area contributed by atoms with E-state index in [2.05, 4.69) is 20.6 Å². The van der Waals surface area contributed by atoms with Gasteiger partial charge in [-0.1, -0.05) is 90.4 Å². The number of aromatic amines is 1. The molecule has 1 aromatic rings. The molecule has 0 fully saturated rings. The van der Waals surface area contributed by atoms with Gasteiger partial charge in [0, 0.05) is 69.1 Å². The standard InChI is InChI=1S/C46H81N5O11/c1-38(33-40-34-48-37-51-40)42(53)24-23-39(46(47)58)19-16-17-25-49-43(54)35-62-32-30-60-28-26-50-44(55)36-61-31-29-59-27-18-21-41(52)20-14-12-10-8-6-4-2-3-5-7-9-11-13-15-22-45(56)57/h34,37-39H,2-33,35-36H2,1H3,(H2,47,58)(H,48,51)(H,49,54)(H,50,55)(H,56,57)/t38-,39+/m0/s1. The van der Waals surface area contributed by atoms with E-state index < -0.39 is 11.9 Å². The minimum atomic E-state index is -0.693. The van der Waals surface area contributed by atoms with Gasteiger partial charge in [0.15, 0.2) is 0 Å². The molecule has 6 N–H and O–H groups in total. The average Bonchev–Trinajstić information content (AvgIpc) is 3.76. The molecule has 0 spiro atoms. The first-order valence-corrected chi connectivity index (χ1v) is 23.5. The van der Waals surface area contributed by atoms with Crippen LogP contribution in [0.3, 0.4) is 0 Å². The van der Waals surface area contributed by atoms with Gasteiger partial charge in [-0.3, -0.25) is 28.8 Å². The molecule has 0 aromatic carbocycles.